The van der Waals surface area contributed by atoms with Crippen molar-refractivity contribution < 1.29 is 10.2 Å². The first kappa shape index (κ1) is 29.4. The zero-order valence-electron chi connectivity index (χ0n) is 27.9. The molecule has 0 radical (unpaired) electrons. The molecular formula is C47H34N2O2. The fourth-order valence-corrected chi connectivity index (χ4v) is 8.45. The number of para-hydroxylation sites is 2. The van der Waals surface area contributed by atoms with Crippen molar-refractivity contribution in [1.82, 2.24) is 0 Å². The predicted octanol–water partition coefficient (Wildman–Crippen LogP) is 12.1. The molecule has 10 rings (SSSR count). The molecule has 1 heterocycles. The molecule has 0 bridgehead atoms. The van der Waals surface area contributed by atoms with Crippen LogP contribution in [0.4, 0.5) is 22.7 Å². The first-order valence-corrected chi connectivity index (χ1v) is 17.5. The number of aliphatic hydroxyl groups excluding tert-OH is 1. The highest BCUT2D eigenvalue weighted by Crippen LogP contribution is 2.53. The van der Waals surface area contributed by atoms with Gasteiger partial charge < -0.3 is 20.0 Å². The van der Waals surface area contributed by atoms with Gasteiger partial charge in [-0.1, -0.05) is 127 Å². The molecule has 2 N–H and O–H groups in total. The first-order chi connectivity index (χ1) is 25.2. The summed E-state index contributed by atoms with van der Waals surface area (Å²) in [5.74, 6) is 0.756. The molecule has 1 aliphatic heterocycles. The summed E-state index contributed by atoms with van der Waals surface area (Å²) in [7, 11) is 0. The summed E-state index contributed by atoms with van der Waals surface area (Å²) in [5, 5.41) is 29.8. The van der Waals surface area contributed by atoms with Crippen LogP contribution in [-0.4, -0.2) is 16.9 Å². The van der Waals surface area contributed by atoms with E-state index in [9.17, 15) is 10.2 Å². The Bertz CT molecular complexity index is 2700. The molecule has 7 aromatic rings. The van der Waals surface area contributed by atoms with Crippen molar-refractivity contribution in [2.45, 2.75) is 6.42 Å². The van der Waals surface area contributed by atoms with E-state index in [1.807, 2.05) is 30.3 Å². The molecule has 4 nitrogen and oxygen atoms in total. The highest BCUT2D eigenvalue weighted by atomic mass is 16.3. The van der Waals surface area contributed by atoms with E-state index < -0.39 is 0 Å². The molecule has 51 heavy (non-hydrogen) atoms. The SMILES string of the molecule is OC1=C(c2c(N3CN(c4ccc5ccccc5c4-c4c(O)ccc5ccccc45)c4ccccc43)ccc3ccccc23)C2=CC=CCC2C=C1. The molecule has 7 aromatic carbocycles. The Morgan fingerprint density at radius 3 is 1.69 bits per heavy atom. The number of hydrogen-bond acceptors (Lipinski definition) is 4. The van der Waals surface area contributed by atoms with Crippen LogP contribution in [0.2, 0.25) is 0 Å². The van der Waals surface area contributed by atoms with Gasteiger partial charge in [-0.15, -0.1) is 0 Å². The molecule has 1 unspecified atom stereocenters. The molecule has 2 aliphatic carbocycles. The van der Waals surface area contributed by atoms with E-state index in [1.54, 1.807) is 0 Å². The van der Waals surface area contributed by atoms with Crippen molar-refractivity contribution in [1.29, 1.82) is 0 Å². The number of allylic oxidation sites excluding steroid dienone is 7. The number of aliphatic hydroxyl groups is 1. The van der Waals surface area contributed by atoms with E-state index in [0.29, 0.717) is 6.67 Å². The molecule has 0 fully saturated rings. The fraction of sp³-hybridized carbons (Fsp3) is 0.0638. The summed E-state index contributed by atoms with van der Waals surface area (Å²) in [5.41, 5.74) is 9.09. The number of nitrogens with zero attached hydrogens (tertiary/aromatic N) is 2. The molecule has 0 saturated heterocycles. The normalized spacial score (nSPS) is 16.6. The lowest BCUT2D eigenvalue weighted by Crippen LogP contribution is -2.25. The van der Waals surface area contributed by atoms with E-state index in [4.69, 9.17) is 0 Å². The topological polar surface area (TPSA) is 46.9 Å². The van der Waals surface area contributed by atoms with Gasteiger partial charge in [-0.2, -0.15) is 0 Å². The summed E-state index contributed by atoms with van der Waals surface area (Å²) in [4.78, 5) is 4.75. The number of aromatic hydroxyl groups is 1. The minimum atomic E-state index is 0.212. The predicted molar refractivity (Wildman–Crippen MR) is 212 cm³/mol. The number of hydrogen-bond donors (Lipinski definition) is 2. The second kappa shape index (κ2) is 11.5. The summed E-state index contributed by atoms with van der Waals surface area (Å²) >= 11 is 0. The van der Waals surface area contributed by atoms with Crippen molar-refractivity contribution in [3.63, 3.8) is 0 Å². The van der Waals surface area contributed by atoms with E-state index in [0.717, 1.165) is 89.3 Å². The van der Waals surface area contributed by atoms with E-state index in [1.165, 1.54) is 0 Å². The van der Waals surface area contributed by atoms with Gasteiger partial charge in [0.2, 0.25) is 0 Å². The van der Waals surface area contributed by atoms with Crippen LogP contribution in [0, 0.1) is 5.92 Å². The molecule has 0 spiro atoms. The second-order valence-electron chi connectivity index (χ2n) is 13.5. The maximum atomic E-state index is 11.7. The number of anilines is 4. The Kier molecular flexibility index (Phi) is 6.65. The fourth-order valence-electron chi connectivity index (χ4n) is 8.45. The number of phenols is 1. The van der Waals surface area contributed by atoms with Gasteiger partial charge in [0.25, 0.3) is 0 Å². The zero-order valence-corrected chi connectivity index (χ0v) is 27.9. The Morgan fingerprint density at radius 1 is 0.510 bits per heavy atom. The Balaban J connectivity index is 1.22. The summed E-state index contributed by atoms with van der Waals surface area (Å²) in [6, 6.07) is 46.3. The van der Waals surface area contributed by atoms with Crippen LogP contribution >= 0.6 is 0 Å². The van der Waals surface area contributed by atoms with Crippen molar-refractivity contribution in [3.8, 4) is 16.9 Å². The second-order valence-corrected chi connectivity index (χ2v) is 13.5. The lowest BCUT2D eigenvalue weighted by Gasteiger charge is -2.31. The zero-order chi connectivity index (χ0) is 34.1. The van der Waals surface area contributed by atoms with Crippen LogP contribution in [0.5, 0.6) is 5.75 Å². The van der Waals surface area contributed by atoms with E-state index >= 15 is 0 Å². The van der Waals surface area contributed by atoms with Gasteiger partial charge in [0.05, 0.1) is 22.7 Å². The maximum absolute atomic E-state index is 11.7. The molecule has 4 heteroatoms. The molecule has 244 valence electrons. The molecule has 0 saturated carbocycles. The molecule has 0 aromatic heterocycles. The third kappa shape index (κ3) is 4.53. The van der Waals surface area contributed by atoms with Crippen molar-refractivity contribution in [3.05, 3.63) is 181 Å². The van der Waals surface area contributed by atoms with Gasteiger partial charge in [-0.3, -0.25) is 0 Å². The lowest BCUT2D eigenvalue weighted by atomic mass is 9.78. The smallest absolute Gasteiger partial charge is 0.124 e. The molecule has 1 atom stereocenters. The van der Waals surface area contributed by atoms with Gasteiger partial charge in [0.15, 0.2) is 0 Å². The number of rotatable bonds is 4. The van der Waals surface area contributed by atoms with Crippen LogP contribution < -0.4 is 9.80 Å². The molecule has 0 amide bonds. The van der Waals surface area contributed by atoms with E-state index in [2.05, 4.69) is 143 Å². The average Bonchev–Trinajstić information content (AvgIpc) is 3.57. The van der Waals surface area contributed by atoms with E-state index in [-0.39, 0.29) is 17.4 Å². The first-order valence-electron chi connectivity index (χ1n) is 17.5. The quantitative estimate of drug-likeness (QED) is 0.198. The average molecular weight is 659 g/mol. The standard InChI is InChI=1S/C47H34N2O2/c50-42-27-23-32-13-3-7-17-36(32)46(42)44-34-15-5-1-11-30(34)21-25-40(44)48-29-49(39-20-10-9-19-38(39)48)41-26-22-31-12-2-6-16-35(31)45(41)47-37-18-8-4-14-33(37)24-28-43(47)51/h1-13,15-28,33,50-51H,14,29H2. The highest BCUT2D eigenvalue weighted by Gasteiger charge is 2.34. The summed E-state index contributed by atoms with van der Waals surface area (Å²) in [6.45, 7) is 0.536. The van der Waals surface area contributed by atoms with Crippen LogP contribution in [0.3, 0.4) is 0 Å². The van der Waals surface area contributed by atoms with Crippen LogP contribution in [0.1, 0.15) is 12.0 Å². The number of benzene rings is 7. The van der Waals surface area contributed by atoms with Crippen LogP contribution in [0.15, 0.2) is 175 Å². The monoisotopic (exact) mass is 658 g/mol. The minimum absolute atomic E-state index is 0.212. The Labute approximate surface area is 296 Å². The maximum Gasteiger partial charge on any atom is 0.124 e. The minimum Gasteiger partial charge on any atom is -0.507 e. The lowest BCUT2D eigenvalue weighted by molar-refractivity contribution is 0.431. The summed E-state index contributed by atoms with van der Waals surface area (Å²) in [6.07, 6.45) is 11.4. The Morgan fingerprint density at radius 2 is 1.04 bits per heavy atom. The summed E-state index contributed by atoms with van der Waals surface area (Å²) < 4.78 is 0. The Hall–Kier alpha value is -6.52. The van der Waals surface area contributed by atoms with Crippen LogP contribution in [-0.2, 0) is 0 Å². The largest absolute Gasteiger partial charge is 0.507 e. The molecular weight excluding hydrogens is 625 g/mol. The van der Waals surface area contributed by atoms with Crippen molar-refractivity contribution in [2.75, 3.05) is 16.5 Å². The van der Waals surface area contributed by atoms with Gasteiger partial charge >= 0.3 is 0 Å². The van der Waals surface area contributed by atoms with Gasteiger partial charge in [0.1, 0.15) is 18.2 Å². The molecule has 3 aliphatic rings. The number of fused-ring (bicyclic) bond motifs is 5. The van der Waals surface area contributed by atoms with Crippen molar-refractivity contribution >= 4 is 60.6 Å². The number of phenolic OH excluding ortho intramolecular Hbond substituents is 1. The van der Waals surface area contributed by atoms with Gasteiger partial charge in [-0.05, 0) is 80.7 Å². The highest BCUT2D eigenvalue weighted by molar-refractivity contribution is 6.13. The van der Waals surface area contributed by atoms with Gasteiger partial charge in [0, 0.05) is 28.2 Å². The van der Waals surface area contributed by atoms with Crippen molar-refractivity contribution in [2.24, 2.45) is 5.92 Å². The third-order valence-electron chi connectivity index (χ3n) is 10.8. The third-order valence-corrected chi connectivity index (χ3v) is 10.8. The van der Waals surface area contributed by atoms with Crippen LogP contribution in [0.25, 0.3) is 49.0 Å². The van der Waals surface area contributed by atoms with Gasteiger partial charge in [-0.25, -0.2) is 0 Å².